The first-order valence-electron chi connectivity index (χ1n) is 22.5. The quantitative estimate of drug-likeness (QED) is 0.114. The molecule has 0 saturated heterocycles. The number of benzene rings is 7. The van der Waals surface area contributed by atoms with Crippen LogP contribution in [0.3, 0.4) is 0 Å². The van der Waals surface area contributed by atoms with E-state index in [1.807, 2.05) is 0 Å². The van der Waals surface area contributed by atoms with Gasteiger partial charge in [-0.15, -0.1) is 0 Å². The van der Waals surface area contributed by atoms with E-state index >= 15 is 0 Å². The Labute approximate surface area is 390 Å². The molecular formula is C54H45N9OSi3. The fourth-order valence-electron chi connectivity index (χ4n) is 11.8. The Hall–Kier alpha value is -7.72. The van der Waals surface area contributed by atoms with Crippen LogP contribution in [0, 0.1) is 0 Å². The van der Waals surface area contributed by atoms with Crippen molar-refractivity contribution < 1.29 is 4.74 Å². The van der Waals surface area contributed by atoms with Gasteiger partial charge in [-0.2, -0.15) is 0 Å². The van der Waals surface area contributed by atoms with E-state index in [0.717, 1.165) is 72.2 Å². The smallest absolute Gasteiger partial charge is 0.220 e. The summed E-state index contributed by atoms with van der Waals surface area (Å²) in [5.74, 6) is 2.55. The summed E-state index contributed by atoms with van der Waals surface area (Å²) >= 11 is 0. The van der Waals surface area contributed by atoms with E-state index in [-0.39, 0.29) is 0 Å². The third-order valence-corrected chi connectivity index (χ3v) is 30.5. The van der Waals surface area contributed by atoms with E-state index in [2.05, 4.69) is 221 Å². The van der Waals surface area contributed by atoms with Crippen molar-refractivity contribution in [3.8, 4) is 17.2 Å². The molecule has 0 unspecified atom stereocenters. The molecule has 0 N–H and O–H groups in total. The summed E-state index contributed by atoms with van der Waals surface area (Å²) in [6.07, 6.45) is 6.53. The van der Waals surface area contributed by atoms with Gasteiger partial charge in [-0.05, 0) is 63.2 Å². The molecule has 5 heterocycles. The van der Waals surface area contributed by atoms with Crippen molar-refractivity contribution in [1.82, 2.24) is 43.9 Å². The second-order valence-electron chi connectivity index (χ2n) is 18.3. The Morgan fingerprint density at radius 3 is 1.66 bits per heavy atom. The number of ether oxygens (including phenoxy) is 1. The summed E-state index contributed by atoms with van der Waals surface area (Å²) in [6.45, 7) is 9.61. The Kier molecular flexibility index (Phi) is 9.40. The number of aromatic nitrogens is 9. The van der Waals surface area contributed by atoms with Crippen molar-refractivity contribution in [2.24, 2.45) is 0 Å². The highest BCUT2D eigenvalue weighted by Crippen LogP contribution is 2.56. The minimum atomic E-state index is -3.37. The average molecular weight is 920 g/mol. The number of nitrogens with zero attached hydrogens (tertiary/aromatic N) is 9. The lowest BCUT2D eigenvalue weighted by Gasteiger charge is -2.55. The molecule has 0 spiro atoms. The van der Waals surface area contributed by atoms with Gasteiger partial charge in [0, 0.05) is 21.5 Å². The van der Waals surface area contributed by atoms with Gasteiger partial charge < -0.3 is 4.74 Å². The maximum absolute atomic E-state index is 7.60. The van der Waals surface area contributed by atoms with Crippen LogP contribution in [0.5, 0.6) is 11.5 Å². The second kappa shape index (κ2) is 15.4. The molecule has 0 bridgehead atoms. The summed E-state index contributed by atoms with van der Waals surface area (Å²) in [7, 11) is -9.29. The number of fused-ring (bicyclic) bond motifs is 7. The zero-order valence-corrected chi connectivity index (χ0v) is 40.5. The Balaban J connectivity index is 1.22. The zero-order valence-electron chi connectivity index (χ0n) is 37.5. The first-order valence-corrected chi connectivity index (χ1v) is 30.5. The van der Waals surface area contributed by atoms with Gasteiger partial charge in [0.2, 0.25) is 5.78 Å². The van der Waals surface area contributed by atoms with Crippen LogP contribution in [0.2, 0.25) is 26.2 Å². The fourth-order valence-corrected chi connectivity index (χ4v) is 29.3. The highest BCUT2D eigenvalue weighted by molar-refractivity contribution is 7.20. The third-order valence-electron chi connectivity index (χ3n) is 14.4. The molecule has 4 aromatic heterocycles. The van der Waals surface area contributed by atoms with Crippen LogP contribution in [-0.2, 0) is 4.66 Å². The SMILES string of the molecule is C[Si](C)(c1ncncn1)C1([Si](C)(C)c2ncncn2)c2ccccc2Oc2c1cccc2[Si](c1ccccc1)(c1ccccc1)c1cccc(-n2c3ccccc3n3c4ccccc4nc23)c1. The lowest BCUT2D eigenvalue weighted by Crippen LogP contribution is -2.78. The standard InChI is InChI=1S/C54H45N9OSi3/c1-65(2,51-57-34-55-35-58-51)54(66(3,4)52-59-36-56-37-60-52)42-25-11-16-31-48(42)64-50-43(54)26-18-32-49(50)67(39-20-7-5-8-21-39,40-22-9-6-10-23-40)41-24-17-19-38(33-41)62-46-29-14-15-30-47(46)63-45-28-13-12-27-44(45)61-53(62)63/h5-37H,1-4H3. The molecule has 12 rings (SSSR count). The topological polar surface area (TPSA) is 109 Å². The van der Waals surface area contributed by atoms with Crippen molar-refractivity contribution in [2.45, 2.75) is 30.8 Å². The van der Waals surface area contributed by atoms with Crippen LogP contribution in [0.1, 0.15) is 11.1 Å². The molecule has 1 aliphatic rings. The van der Waals surface area contributed by atoms with Crippen LogP contribution in [0.15, 0.2) is 201 Å². The summed E-state index contributed by atoms with van der Waals surface area (Å²) in [6, 6.07) is 63.8. The van der Waals surface area contributed by atoms with Gasteiger partial charge in [-0.1, -0.05) is 160 Å². The number of hydrogen-bond donors (Lipinski definition) is 0. The van der Waals surface area contributed by atoms with Crippen LogP contribution < -0.4 is 36.4 Å². The third kappa shape index (κ3) is 5.74. The van der Waals surface area contributed by atoms with Crippen LogP contribution in [0.4, 0.5) is 0 Å². The molecule has 0 saturated carbocycles. The molecule has 7 aromatic carbocycles. The highest BCUT2D eigenvalue weighted by Gasteiger charge is 2.67. The Bertz CT molecular complexity index is 3550. The van der Waals surface area contributed by atoms with E-state index < -0.39 is 28.9 Å². The van der Waals surface area contributed by atoms with Crippen LogP contribution in [0.25, 0.3) is 33.5 Å². The molecule has 324 valence electrons. The average Bonchev–Trinajstić information content (AvgIpc) is 3.92. The molecule has 0 radical (unpaired) electrons. The van der Waals surface area contributed by atoms with Gasteiger partial charge in [0.05, 0.1) is 22.1 Å². The first kappa shape index (κ1) is 40.8. The maximum Gasteiger partial charge on any atom is 0.220 e. The molecule has 67 heavy (non-hydrogen) atoms. The normalized spacial score (nSPS) is 13.6. The lowest BCUT2D eigenvalue weighted by atomic mass is 9.98. The fraction of sp³-hybridized carbons (Fsp3) is 0.0926. The predicted octanol–water partition coefficient (Wildman–Crippen LogP) is 6.88. The minimum absolute atomic E-state index is 0.670. The monoisotopic (exact) mass is 919 g/mol. The molecule has 0 amide bonds. The number of para-hydroxylation sites is 6. The summed E-state index contributed by atoms with van der Waals surface area (Å²) < 4.78 is 11.5. The molecule has 13 heteroatoms. The van der Waals surface area contributed by atoms with Gasteiger partial charge in [-0.3, -0.25) is 8.97 Å². The number of rotatable bonds is 9. The van der Waals surface area contributed by atoms with Gasteiger partial charge in [0.1, 0.15) is 63.9 Å². The van der Waals surface area contributed by atoms with Crippen molar-refractivity contribution in [1.29, 1.82) is 0 Å². The Morgan fingerprint density at radius 1 is 0.478 bits per heavy atom. The molecule has 0 atom stereocenters. The minimum Gasteiger partial charge on any atom is -0.457 e. The Morgan fingerprint density at radius 2 is 1.00 bits per heavy atom. The van der Waals surface area contributed by atoms with E-state index in [1.165, 1.54) is 15.6 Å². The van der Waals surface area contributed by atoms with Crippen molar-refractivity contribution in [3.05, 3.63) is 212 Å². The van der Waals surface area contributed by atoms with Gasteiger partial charge in [-0.25, -0.2) is 34.9 Å². The van der Waals surface area contributed by atoms with E-state index in [4.69, 9.17) is 29.7 Å². The largest absolute Gasteiger partial charge is 0.457 e. The summed E-state index contributed by atoms with van der Waals surface area (Å²) in [5, 5.41) is 4.82. The van der Waals surface area contributed by atoms with Crippen LogP contribution >= 0.6 is 0 Å². The number of hydrogen-bond acceptors (Lipinski definition) is 8. The van der Waals surface area contributed by atoms with Crippen molar-refractivity contribution >= 4 is 83.7 Å². The highest BCUT2D eigenvalue weighted by atomic mass is 28.4. The molecule has 11 aromatic rings. The van der Waals surface area contributed by atoms with Crippen LogP contribution in [-0.4, -0.2) is 68.1 Å². The second-order valence-corrected chi connectivity index (χ2v) is 31.5. The van der Waals surface area contributed by atoms with E-state index in [1.54, 1.807) is 25.3 Å². The van der Waals surface area contributed by atoms with Crippen molar-refractivity contribution in [2.75, 3.05) is 0 Å². The van der Waals surface area contributed by atoms with E-state index in [0.29, 0.717) is 0 Å². The molecule has 10 nitrogen and oxygen atoms in total. The van der Waals surface area contributed by atoms with Gasteiger partial charge >= 0.3 is 0 Å². The van der Waals surface area contributed by atoms with Gasteiger partial charge in [0.25, 0.3) is 0 Å². The van der Waals surface area contributed by atoms with E-state index in [9.17, 15) is 0 Å². The first-order chi connectivity index (χ1) is 32.8. The lowest BCUT2D eigenvalue weighted by molar-refractivity contribution is 0.452. The maximum atomic E-state index is 7.60. The molecule has 0 aliphatic carbocycles. The predicted molar refractivity (Wildman–Crippen MR) is 274 cm³/mol. The number of imidazole rings is 2. The van der Waals surface area contributed by atoms with Gasteiger partial charge in [0.15, 0.2) is 8.07 Å². The molecule has 1 aliphatic heterocycles. The molecule has 0 fully saturated rings. The molecular weight excluding hydrogens is 875 g/mol. The zero-order chi connectivity index (χ0) is 45.4. The van der Waals surface area contributed by atoms with Crippen molar-refractivity contribution in [3.63, 3.8) is 0 Å². The summed E-state index contributed by atoms with van der Waals surface area (Å²) in [5.41, 5.74) is 9.07. The summed E-state index contributed by atoms with van der Waals surface area (Å²) in [4.78, 5) is 33.9.